The lowest BCUT2D eigenvalue weighted by Crippen LogP contribution is -2.27. The molecule has 0 unspecified atom stereocenters. The van der Waals surface area contributed by atoms with Gasteiger partial charge in [0.2, 0.25) is 0 Å². The lowest BCUT2D eigenvalue weighted by atomic mass is 10.2. The molecule has 2 heterocycles. The number of aromatic nitrogens is 3. The highest BCUT2D eigenvalue weighted by molar-refractivity contribution is 5.92. The fourth-order valence-electron chi connectivity index (χ4n) is 1.68. The standard InChI is InChI=1S/C14H17N5O/c1-2-16-13-10-15-9-12(19-13)14(20)18-8-6-11-5-3-4-7-17-11/h3-5,7,9-10H,2,6,8H2,1H3,(H,16,19)(H,18,20). The van der Waals surface area contributed by atoms with Gasteiger partial charge in [-0.15, -0.1) is 0 Å². The fourth-order valence-corrected chi connectivity index (χ4v) is 1.68. The Balaban J connectivity index is 1.87. The molecule has 6 heteroatoms. The van der Waals surface area contributed by atoms with Gasteiger partial charge in [0.15, 0.2) is 0 Å². The molecule has 0 saturated carbocycles. The number of nitrogens with zero attached hydrogens (tertiary/aromatic N) is 3. The van der Waals surface area contributed by atoms with E-state index in [2.05, 4.69) is 25.6 Å². The summed E-state index contributed by atoms with van der Waals surface area (Å²) in [5.41, 5.74) is 1.25. The molecule has 0 bridgehead atoms. The summed E-state index contributed by atoms with van der Waals surface area (Å²) in [5, 5.41) is 5.83. The number of hydrogen-bond acceptors (Lipinski definition) is 5. The summed E-state index contributed by atoms with van der Waals surface area (Å²) in [7, 11) is 0. The van der Waals surface area contributed by atoms with E-state index in [1.807, 2.05) is 25.1 Å². The highest BCUT2D eigenvalue weighted by Gasteiger charge is 2.08. The summed E-state index contributed by atoms with van der Waals surface area (Å²) in [6.45, 7) is 3.21. The van der Waals surface area contributed by atoms with Crippen molar-refractivity contribution < 1.29 is 4.79 Å². The summed E-state index contributed by atoms with van der Waals surface area (Å²) in [6, 6.07) is 5.72. The highest BCUT2D eigenvalue weighted by atomic mass is 16.1. The third-order valence-electron chi connectivity index (χ3n) is 2.62. The maximum Gasteiger partial charge on any atom is 0.271 e. The normalized spacial score (nSPS) is 10.1. The molecule has 0 saturated heterocycles. The second kappa shape index (κ2) is 7.18. The Bertz CT molecular complexity index is 559. The first-order valence-corrected chi connectivity index (χ1v) is 6.53. The van der Waals surface area contributed by atoms with E-state index in [1.165, 1.54) is 6.20 Å². The van der Waals surface area contributed by atoms with Crippen LogP contribution >= 0.6 is 0 Å². The minimum atomic E-state index is -0.229. The Kier molecular flexibility index (Phi) is 5.00. The average Bonchev–Trinajstić information content (AvgIpc) is 2.49. The van der Waals surface area contributed by atoms with Gasteiger partial charge in [-0.3, -0.25) is 14.8 Å². The van der Waals surface area contributed by atoms with Crippen LogP contribution in [0.4, 0.5) is 5.82 Å². The molecular formula is C14H17N5O. The molecule has 0 aromatic carbocycles. The van der Waals surface area contributed by atoms with E-state index in [0.717, 1.165) is 12.2 Å². The van der Waals surface area contributed by atoms with Crippen LogP contribution < -0.4 is 10.6 Å². The van der Waals surface area contributed by atoms with Gasteiger partial charge in [-0.05, 0) is 19.1 Å². The van der Waals surface area contributed by atoms with Crippen LogP contribution in [-0.2, 0) is 6.42 Å². The SMILES string of the molecule is CCNc1cncc(C(=O)NCCc2ccccn2)n1. The third kappa shape index (κ3) is 4.01. The Labute approximate surface area is 117 Å². The van der Waals surface area contributed by atoms with Gasteiger partial charge in [-0.2, -0.15) is 0 Å². The molecule has 2 aromatic heterocycles. The monoisotopic (exact) mass is 271 g/mol. The molecule has 2 rings (SSSR count). The second-order valence-electron chi connectivity index (χ2n) is 4.15. The summed E-state index contributed by atoms with van der Waals surface area (Å²) in [5.74, 6) is 0.373. The van der Waals surface area contributed by atoms with Gasteiger partial charge in [0, 0.05) is 31.4 Å². The quantitative estimate of drug-likeness (QED) is 0.827. The van der Waals surface area contributed by atoms with Crippen LogP contribution in [0, 0.1) is 0 Å². The van der Waals surface area contributed by atoms with Crippen LogP contribution in [0.25, 0.3) is 0 Å². The summed E-state index contributed by atoms with van der Waals surface area (Å²) < 4.78 is 0. The lowest BCUT2D eigenvalue weighted by molar-refractivity contribution is 0.0949. The molecule has 20 heavy (non-hydrogen) atoms. The highest BCUT2D eigenvalue weighted by Crippen LogP contribution is 2.01. The largest absolute Gasteiger partial charge is 0.369 e. The molecule has 2 N–H and O–H groups in total. The lowest BCUT2D eigenvalue weighted by Gasteiger charge is -2.06. The fraction of sp³-hybridized carbons (Fsp3) is 0.286. The number of nitrogens with one attached hydrogen (secondary N) is 2. The Morgan fingerprint density at radius 3 is 2.95 bits per heavy atom. The molecule has 6 nitrogen and oxygen atoms in total. The maximum absolute atomic E-state index is 11.9. The van der Waals surface area contributed by atoms with Crippen molar-refractivity contribution in [3.63, 3.8) is 0 Å². The van der Waals surface area contributed by atoms with Crippen molar-refractivity contribution in [2.24, 2.45) is 0 Å². The van der Waals surface area contributed by atoms with Crippen LogP contribution in [-0.4, -0.2) is 33.9 Å². The molecule has 0 atom stereocenters. The van der Waals surface area contributed by atoms with Gasteiger partial charge in [0.05, 0.1) is 12.4 Å². The van der Waals surface area contributed by atoms with E-state index in [-0.39, 0.29) is 5.91 Å². The summed E-state index contributed by atoms with van der Waals surface area (Å²) >= 11 is 0. The summed E-state index contributed by atoms with van der Waals surface area (Å²) in [6.07, 6.45) is 5.47. The zero-order valence-electron chi connectivity index (χ0n) is 11.3. The number of carbonyl (C=O) groups excluding carboxylic acids is 1. The minimum absolute atomic E-state index is 0.229. The predicted octanol–water partition coefficient (Wildman–Crippen LogP) is 1.28. The van der Waals surface area contributed by atoms with Gasteiger partial charge in [-0.1, -0.05) is 6.07 Å². The number of rotatable bonds is 6. The van der Waals surface area contributed by atoms with E-state index >= 15 is 0 Å². The van der Waals surface area contributed by atoms with E-state index in [0.29, 0.717) is 24.5 Å². The topological polar surface area (TPSA) is 79.8 Å². The van der Waals surface area contributed by atoms with Crippen LogP contribution in [0.1, 0.15) is 23.1 Å². The van der Waals surface area contributed by atoms with Gasteiger partial charge < -0.3 is 10.6 Å². The molecular weight excluding hydrogens is 254 g/mol. The van der Waals surface area contributed by atoms with E-state index in [1.54, 1.807) is 12.4 Å². The molecule has 2 aromatic rings. The number of pyridine rings is 1. The van der Waals surface area contributed by atoms with E-state index in [9.17, 15) is 4.79 Å². The number of anilines is 1. The van der Waals surface area contributed by atoms with Crippen molar-refractivity contribution in [3.05, 3.63) is 48.2 Å². The zero-order valence-corrected chi connectivity index (χ0v) is 11.3. The van der Waals surface area contributed by atoms with Crippen molar-refractivity contribution in [1.29, 1.82) is 0 Å². The predicted molar refractivity (Wildman–Crippen MR) is 76.5 cm³/mol. The van der Waals surface area contributed by atoms with Crippen LogP contribution in [0.3, 0.4) is 0 Å². The van der Waals surface area contributed by atoms with Crippen molar-refractivity contribution in [2.75, 3.05) is 18.4 Å². The van der Waals surface area contributed by atoms with E-state index in [4.69, 9.17) is 0 Å². The van der Waals surface area contributed by atoms with Crippen molar-refractivity contribution >= 4 is 11.7 Å². The molecule has 0 spiro atoms. The molecule has 0 aliphatic rings. The van der Waals surface area contributed by atoms with Gasteiger partial charge in [0.1, 0.15) is 11.5 Å². The Hall–Kier alpha value is -2.50. The number of amides is 1. The second-order valence-corrected chi connectivity index (χ2v) is 4.15. The first-order valence-electron chi connectivity index (χ1n) is 6.53. The number of carbonyl (C=O) groups is 1. The van der Waals surface area contributed by atoms with Crippen LogP contribution in [0.15, 0.2) is 36.8 Å². The van der Waals surface area contributed by atoms with Crippen LogP contribution in [0.2, 0.25) is 0 Å². The summed E-state index contributed by atoms with van der Waals surface area (Å²) in [4.78, 5) is 24.3. The van der Waals surface area contributed by atoms with Crippen molar-refractivity contribution in [3.8, 4) is 0 Å². The first-order chi connectivity index (χ1) is 9.79. The maximum atomic E-state index is 11.9. The molecule has 0 radical (unpaired) electrons. The minimum Gasteiger partial charge on any atom is -0.369 e. The average molecular weight is 271 g/mol. The van der Waals surface area contributed by atoms with E-state index < -0.39 is 0 Å². The van der Waals surface area contributed by atoms with Crippen molar-refractivity contribution in [1.82, 2.24) is 20.3 Å². The molecule has 0 aliphatic heterocycles. The number of hydrogen-bond donors (Lipinski definition) is 2. The van der Waals surface area contributed by atoms with Crippen LogP contribution in [0.5, 0.6) is 0 Å². The van der Waals surface area contributed by atoms with Gasteiger partial charge in [0.25, 0.3) is 5.91 Å². The molecule has 0 fully saturated rings. The third-order valence-corrected chi connectivity index (χ3v) is 2.62. The first kappa shape index (κ1) is 13.9. The van der Waals surface area contributed by atoms with Gasteiger partial charge >= 0.3 is 0 Å². The Morgan fingerprint density at radius 1 is 1.30 bits per heavy atom. The molecule has 104 valence electrons. The molecule has 1 amide bonds. The Morgan fingerprint density at radius 2 is 2.20 bits per heavy atom. The zero-order chi connectivity index (χ0) is 14.2. The van der Waals surface area contributed by atoms with Crippen molar-refractivity contribution in [2.45, 2.75) is 13.3 Å². The molecule has 0 aliphatic carbocycles. The van der Waals surface area contributed by atoms with Gasteiger partial charge in [-0.25, -0.2) is 4.98 Å². The smallest absolute Gasteiger partial charge is 0.271 e.